The van der Waals surface area contributed by atoms with Crippen LogP contribution in [0, 0.1) is 12.8 Å². The van der Waals surface area contributed by atoms with Crippen LogP contribution in [0.4, 0.5) is 0 Å². The second kappa shape index (κ2) is 5.02. The number of aryl methyl sites for hydroxylation is 1. The normalized spacial score (nSPS) is 13.6. The van der Waals surface area contributed by atoms with E-state index < -0.39 is 0 Å². The zero-order chi connectivity index (χ0) is 9.84. The third-order valence-corrected chi connectivity index (χ3v) is 3.76. The molecule has 1 unspecified atom stereocenters. The molecule has 1 heterocycles. The molecule has 0 spiro atoms. The molecule has 74 valence electrons. The summed E-state index contributed by atoms with van der Waals surface area (Å²) in [4.78, 5) is 2.67. The van der Waals surface area contributed by atoms with E-state index in [2.05, 4.69) is 32.9 Å². The van der Waals surface area contributed by atoms with Gasteiger partial charge < -0.3 is 0 Å². The Kier molecular flexibility index (Phi) is 4.27. The molecule has 0 aliphatic rings. The molecule has 0 saturated heterocycles. The van der Waals surface area contributed by atoms with Crippen LogP contribution in [0.1, 0.15) is 41.8 Å². The Morgan fingerprint density at radius 1 is 1.31 bits per heavy atom. The highest BCUT2D eigenvalue weighted by molar-refractivity contribution is 7.12. The minimum Gasteiger partial charge on any atom is -0.144 e. The molecule has 0 aliphatic carbocycles. The zero-order valence-corrected chi connectivity index (χ0v) is 10.1. The van der Waals surface area contributed by atoms with E-state index in [0.29, 0.717) is 0 Å². The minimum atomic E-state index is 0.223. The second-order valence-corrected chi connectivity index (χ2v) is 5.73. The summed E-state index contributed by atoms with van der Waals surface area (Å²) in [6.07, 6.45) is 2.31. The summed E-state index contributed by atoms with van der Waals surface area (Å²) in [7, 11) is 0. The van der Waals surface area contributed by atoms with Gasteiger partial charge in [-0.25, -0.2) is 0 Å². The predicted molar refractivity (Wildman–Crippen MR) is 61.7 cm³/mol. The first-order chi connectivity index (χ1) is 6.09. The average Bonchev–Trinajstić information content (AvgIpc) is 2.47. The third kappa shape index (κ3) is 3.70. The summed E-state index contributed by atoms with van der Waals surface area (Å²) in [6.45, 7) is 6.60. The molecule has 0 aromatic carbocycles. The van der Waals surface area contributed by atoms with E-state index in [1.165, 1.54) is 16.2 Å². The smallest absolute Gasteiger partial charge is 0.0678 e. The molecule has 0 N–H and O–H groups in total. The summed E-state index contributed by atoms with van der Waals surface area (Å²) in [6, 6.07) is 4.29. The van der Waals surface area contributed by atoms with Gasteiger partial charge >= 0.3 is 0 Å². The van der Waals surface area contributed by atoms with Crippen molar-refractivity contribution in [2.24, 2.45) is 5.92 Å². The van der Waals surface area contributed by atoms with Crippen LogP contribution in [-0.4, -0.2) is 0 Å². The lowest BCUT2D eigenvalue weighted by molar-refractivity contribution is 0.551. The van der Waals surface area contributed by atoms with Crippen molar-refractivity contribution in [3.63, 3.8) is 0 Å². The lowest BCUT2D eigenvalue weighted by Gasteiger charge is -2.08. The Bertz CT molecular complexity index is 252. The highest BCUT2D eigenvalue weighted by atomic mass is 35.5. The molecule has 0 radical (unpaired) electrons. The Balaban J connectivity index is 2.44. The lowest BCUT2D eigenvalue weighted by Crippen LogP contribution is -1.92. The van der Waals surface area contributed by atoms with E-state index in [-0.39, 0.29) is 5.38 Å². The van der Waals surface area contributed by atoms with Gasteiger partial charge in [-0.2, -0.15) is 0 Å². The Labute approximate surface area is 89.9 Å². The van der Waals surface area contributed by atoms with Crippen LogP contribution >= 0.6 is 22.9 Å². The zero-order valence-electron chi connectivity index (χ0n) is 8.51. The van der Waals surface area contributed by atoms with Gasteiger partial charge in [0.1, 0.15) is 0 Å². The maximum Gasteiger partial charge on any atom is 0.0678 e. The lowest BCUT2D eigenvalue weighted by atomic mass is 10.1. The van der Waals surface area contributed by atoms with E-state index in [9.17, 15) is 0 Å². The van der Waals surface area contributed by atoms with Crippen molar-refractivity contribution in [1.82, 2.24) is 0 Å². The molecule has 0 nitrogen and oxygen atoms in total. The van der Waals surface area contributed by atoms with E-state index >= 15 is 0 Å². The van der Waals surface area contributed by atoms with Gasteiger partial charge in [0.15, 0.2) is 0 Å². The van der Waals surface area contributed by atoms with Crippen LogP contribution in [-0.2, 0) is 0 Å². The number of rotatable bonds is 4. The Morgan fingerprint density at radius 3 is 2.46 bits per heavy atom. The van der Waals surface area contributed by atoms with Crippen molar-refractivity contribution < 1.29 is 0 Å². The predicted octanol–water partition coefficient (Wildman–Crippen LogP) is 4.77. The quantitative estimate of drug-likeness (QED) is 0.636. The Morgan fingerprint density at radius 2 is 2.00 bits per heavy atom. The van der Waals surface area contributed by atoms with Crippen molar-refractivity contribution >= 4 is 22.9 Å². The summed E-state index contributed by atoms with van der Waals surface area (Å²) in [5.41, 5.74) is 0. The van der Waals surface area contributed by atoms with Crippen LogP contribution in [0.5, 0.6) is 0 Å². The first-order valence-corrected chi connectivity index (χ1v) is 6.05. The fourth-order valence-electron chi connectivity index (χ4n) is 1.24. The topological polar surface area (TPSA) is 0 Å². The van der Waals surface area contributed by atoms with Crippen LogP contribution < -0.4 is 0 Å². The number of thiophene rings is 1. The molecule has 0 amide bonds. The van der Waals surface area contributed by atoms with Gasteiger partial charge in [0.05, 0.1) is 5.38 Å². The van der Waals surface area contributed by atoms with Crippen molar-refractivity contribution in [2.75, 3.05) is 0 Å². The van der Waals surface area contributed by atoms with Gasteiger partial charge in [-0.05, 0) is 37.8 Å². The first-order valence-electron chi connectivity index (χ1n) is 4.80. The highest BCUT2D eigenvalue weighted by Crippen LogP contribution is 2.32. The van der Waals surface area contributed by atoms with Gasteiger partial charge in [-0.3, -0.25) is 0 Å². The second-order valence-electron chi connectivity index (χ2n) is 3.89. The standard InChI is InChI=1S/C11H17ClS/c1-8(2)4-6-10(12)11-7-5-9(3)13-11/h5,7-8,10H,4,6H2,1-3H3. The number of alkyl halides is 1. The van der Waals surface area contributed by atoms with Crippen LogP contribution in [0.2, 0.25) is 0 Å². The van der Waals surface area contributed by atoms with E-state index in [4.69, 9.17) is 11.6 Å². The molecular formula is C11H17ClS. The molecule has 1 atom stereocenters. The fourth-order valence-corrected chi connectivity index (χ4v) is 2.47. The van der Waals surface area contributed by atoms with Gasteiger partial charge in [0.25, 0.3) is 0 Å². The molecule has 0 bridgehead atoms. The Hall–Kier alpha value is -0.0100. The SMILES string of the molecule is Cc1ccc(C(Cl)CCC(C)C)s1. The molecule has 1 rings (SSSR count). The van der Waals surface area contributed by atoms with Crippen LogP contribution in [0.25, 0.3) is 0 Å². The van der Waals surface area contributed by atoms with Crippen LogP contribution in [0.3, 0.4) is 0 Å². The summed E-state index contributed by atoms with van der Waals surface area (Å²) < 4.78 is 0. The minimum absolute atomic E-state index is 0.223. The molecule has 0 saturated carbocycles. The first kappa shape index (κ1) is 11.1. The molecule has 1 aromatic heterocycles. The average molecular weight is 217 g/mol. The maximum absolute atomic E-state index is 6.27. The fraction of sp³-hybridized carbons (Fsp3) is 0.636. The monoisotopic (exact) mass is 216 g/mol. The van der Waals surface area contributed by atoms with E-state index in [1.807, 2.05) is 11.3 Å². The molecular weight excluding hydrogens is 200 g/mol. The number of hydrogen-bond acceptors (Lipinski definition) is 1. The van der Waals surface area contributed by atoms with Crippen molar-refractivity contribution in [2.45, 2.75) is 39.0 Å². The summed E-state index contributed by atoms with van der Waals surface area (Å²) in [5, 5.41) is 0.223. The number of halogens is 1. The van der Waals surface area contributed by atoms with Crippen molar-refractivity contribution in [1.29, 1.82) is 0 Å². The van der Waals surface area contributed by atoms with E-state index in [1.54, 1.807) is 0 Å². The van der Waals surface area contributed by atoms with Gasteiger partial charge in [-0.1, -0.05) is 13.8 Å². The van der Waals surface area contributed by atoms with Gasteiger partial charge in [-0.15, -0.1) is 22.9 Å². The molecule has 1 aromatic rings. The van der Waals surface area contributed by atoms with Gasteiger partial charge in [0.2, 0.25) is 0 Å². The summed E-state index contributed by atoms with van der Waals surface area (Å²) in [5.74, 6) is 0.752. The number of hydrogen-bond donors (Lipinski definition) is 0. The third-order valence-electron chi connectivity index (χ3n) is 2.07. The van der Waals surface area contributed by atoms with Crippen molar-refractivity contribution in [3.8, 4) is 0 Å². The molecule has 0 aliphatic heterocycles. The van der Waals surface area contributed by atoms with E-state index in [0.717, 1.165) is 12.3 Å². The van der Waals surface area contributed by atoms with Gasteiger partial charge in [0, 0.05) is 9.75 Å². The largest absolute Gasteiger partial charge is 0.144 e. The molecule has 2 heteroatoms. The van der Waals surface area contributed by atoms with Crippen molar-refractivity contribution in [3.05, 3.63) is 21.9 Å². The maximum atomic E-state index is 6.27. The molecule has 0 fully saturated rings. The van der Waals surface area contributed by atoms with Crippen LogP contribution in [0.15, 0.2) is 12.1 Å². The highest BCUT2D eigenvalue weighted by Gasteiger charge is 2.10. The summed E-state index contributed by atoms with van der Waals surface area (Å²) >= 11 is 8.09. The molecule has 13 heavy (non-hydrogen) atoms.